The van der Waals surface area contributed by atoms with E-state index in [-0.39, 0.29) is 6.03 Å². The van der Waals surface area contributed by atoms with Gasteiger partial charge in [0.25, 0.3) is 0 Å². The van der Waals surface area contributed by atoms with Crippen LogP contribution < -0.4 is 5.32 Å². The molecule has 5 heteroatoms. The molecule has 1 saturated heterocycles. The number of carbonyl (C=O) groups excluding carboxylic acids is 1. The van der Waals surface area contributed by atoms with Crippen LogP contribution >= 0.6 is 0 Å². The Morgan fingerprint density at radius 2 is 1.86 bits per heavy atom. The molecule has 1 aliphatic rings. The fourth-order valence-corrected chi connectivity index (χ4v) is 4.08. The number of hydrogen-bond donors (Lipinski definition) is 1. The molecular formula is C17H26N2O2S. The number of urea groups is 1. The Morgan fingerprint density at radius 1 is 1.23 bits per heavy atom. The minimum absolute atomic E-state index is 0.0184. The predicted molar refractivity (Wildman–Crippen MR) is 91.1 cm³/mol. The monoisotopic (exact) mass is 322 g/mol. The quantitative estimate of drug-likeness (QED) is 0.906. The zero-order valence-corrected chi connectivity index (χ0v) is 14.3. The lowest BCUT2D eigenvalue weighted by Crippen LogP contribution is -2.48. The second-order valence-corrected chi connectivity index (χ2v) is 7.93. The van der Waals surface area contributed by atoms with E-state index >= 15 is 0 Å². The van der Waals surface area contributed by atoms with Gasteiger partial charge in [0.1, 0.15) is 0 Å². The van der Waals surface area contributed by atoms with Crippen LogP contribution in [-0.2, 0) is 16.6 Å². The second kappa shape index (κ2) is 8.32. The van der Waals surface area contributed by atoms with Gasteiger partial charge in [0.2, 0.25) is 0 Å². The Hall–Kier alpha value is -1.36. The largest absolute Gasteiger partial charge is 0.337 e. The molecule has 0 aromatic heterocycles. The molecule has 0 bridgehead atoms. The van der Waals surface area contributed by atoms with Gasteiger partial charge in [-0.3, -0.25) is 4.21 Å². The van der Waals surface area contributed by atoms with E-state index in [2.05, 4.69) is 19.2 Å². The molecule has 1 heterocycles. The van der Waals surface area contributed by atoms with Crippen molar-refractivity contribution in [3.05, 3.63) is 35.9 Å². The second-order valence-electron chi connectivity index (χ2n) is 6.36. The van der Waals surface area contributed by atoms with Gasteiger partial charge in [-0.15, -0.1) is 0 Å². The third-order valence-electron chi connectivity index (χ3n) is 3.93. The van der Waals surface area contributed by atoms with Crippen molar-refractivity contribution in [3.63, 3.8) is 0 Å². The van der Waals surface area contributed by atoms with Crippen molar-refractivity contribution in [2.75, 3.05) is 25.4 Å². The van der Waals surface area contributed by atoms with Gasteiger partial charge in [-0.1, -0.05) is 44.2 Å². The lowest BCUT2D eigenvalue weighted by atomic mass is 9.92. The topological polar surface area (TPSA) is 49.4 Å². The van der Waals surface area contributed by atoms with Crippen LogP contribution in [0.4, 0.5) is 4.79 Å². The molecule has 1 N–H and O–H groups in total. The summed E-state index contributed by atoms with van der Waals surface area (Å²) >= 11 is 0. The van der Waals surface area contributed by atoms with Gasteiger partial charge < -0.3 is 10.2 Å². The first-order valence-corrected chi connectivity index (χ1v) is 9.45. The molecule has 2 rings (SSSR count). The van der Waals surface area contributed by atoms with E-state index in [9.17, 15) is 9.00 Å². The molecule has 0 radical (unpaired) electrons. The molecule has 3 atom stereocenters. The maximum atomic E-state index is 12.1. The van der Waals surface area contributed by atoms with Crippen molar-refractivity contribution in [1.82, 2.24) is 10.2 Å². The molecule has 122 valence electrons. The molecule has 22 heavy (non-hydrogen) atoms. The van der Waals surface area contributed by atoms with Gasteiger partial charge in [-0.2, -0.15) is 0 Å². The van der Waals surface area contributed by atoms with Gasteiger partial charge in [0.15, 0.2) is 0 Å². The summed E-state index contributed by atoms with van der Waals surface area (Å²) in [7, 11) is -0.940. The SMILES string of the molecule is CC1CC(C)CN(C(=O)NCCS(=O)Cc2ccccc2)C1. The average Bonchev–Trinajstić information content (AvgIpc) is 2.47. The van der Waals surface area contributed by atoms with Gasteiger partial charge in [-0.05, 0) is 23.8 Å². The maximum Gasteiger partial charge on any atom is 0.317 e. The van der Waals surface area contributed by atoms with E-state index in [1.54, 1.807) is 0 Å². The molecule has 1 fully saturated rings. The highest BCUT2D eigenvalue weighted by Gasteiger charge is 2.25. The molecule has 0 saturated carbocycles. The number of benzene rings is 1. The lowest BCUT2D eigenvalue weighted by molar-refractivity contribution is 0.146. The van der Waals surface area contributed by atoms with Crippen LogP contribution in [0.2, 0.25) is 0 Å². The number of piperidine rings is 1. The third kappa shape index (κ3) is 5.44. The standard InChI is InChI=1S/C17H26N2O2S/c1-14-10-15(2)12-19(11-14)17(20)18-8-9-22(21)13-16-6-4-3-5-7-16/h3-7,14-15H,8-13H2,1-2H3,(H,18,20). The van der Waals surface area contributed by atoms with Crippen molar-refractivity contribution >= 4 is 16.8 Å². The summed E-state index contributed by atoms with van der Waals surface area (Å²) < 4.78 is 12.0. The molecule has 0 aliphatic carbocycles. The number of carbonyl (C=O) groups is 1. The first-order valence-electron chi connectivity index (χ1n) is 7.96. The van der Waals surface area contributed by atoms with Crippen molar-refractivity contribution in [2.24, 2.45) is 11.8 Å². The minimum atomic E-state index is -0.940. The summed E-state index contributed by atoms with van der Waals surface area (Å²) in [6, 6.07) is 9.79. The maximum absolute atomic E-state index is 12.1. The smallest absolute Gasteiger partial charge is 0.317 e. The van der Waals surface area contributed by atoms with Gasteiger partial charge in [-0.25, -0.2) is 4.79 Å². The Bertz CT molecular complexity index is 497. The van der Waals surface area contributed by atoms with Crippen LogP contribution in [0, 0.1) is 11.8 Å². The van der Waals surface area contributed by atoms with Crippen molar-refractivity contribution in [3.8, 4) is 0 Å². The molecular weight excluding hydrogens is 296 g/mol. The summed E-state index contributed by atoms with van der Waals surface area (Å²) in [6.07, 6.45) is 1.19. The molecule has 1 aliphatic heterocycles. The number of amides is 2. The summed E-state index contributed by atoms with van der Waals surface area (Å²) in [5.41, 5.74) is 1.07. The molecule has 2 amide bonds. The fraction of sp³-hybridized carbons (Fsp3) is 0.588. The highest BCUT2D eigenvalue weighted by atomic mass is 32.2. The molecule has 1 aromatic rings. The van der Waals surface area contributed by atoms with Crippen molar-refractivity contribution < 1.29 is 9.00 Å². The third-order valence-corrected chi connectivity index (χ3v) is 5.25. The van der Waals surface area contributed by atoms with Crippen LogP contribution in [0.3, 0.4) is 0 Å². The zero-order chi connectivity index (χ0) is 15.9. The lowest BCUT2D eigenvalue weighted by Gasteiger charge is -2.34. The van der Waals surface area contributed by atoms with Crippen LogP contribution in [-0.4, -0.2) is 40.5 Å². The van der Waals surface area contributed by atoms with Crippen molar-refractivity contribution in [1.29, 1.82) is 0 Å². The Morgan fingerprint density at radius 3 is 2.50 bits per heavy atom. The number of hydrogen-bond acceptors (Lipinski definition) is 2. The van der Waals surface area contributed by atoms with Crippen LogP contribution in [0.15, 0.2) is 30.3 Å². The summed E-state index contributed by atoms with van der Waals surface area (Å²) in [4.78, 5) is 14.0. The molecule has 3 unspecified atom stereocenters. The number of rotatable bonds is 5. The van der Waals surface area contributed by atoms with Crippen LogP contribution in [0.5, 0.6) is 0 Å². The zero-order valence-electron chi connectivity index (χ0n) is 13.5. The summed E-state index contributed by atoms with van der Waals surface area (Å²) in [6.45, 7) is 6.49. The number of nitrogens with one attached hydrogen (secondary N) is 1. The van der Waals surface area contributed by atoms with E-state index < -0.39 is 10.8 Å². The van der Waals surface area contributed by atoms with Gasteiger partial charge in [0.05, 0.1) is 0 Å². The normalized spacial score (nSPS) is 23.1. The first kappa shape index (κ1) is 17.0. The van der Waals surface area contributed by atoms with Crippen molar-refractivity contribution in [2.45, 2.75) is 26.0 Å². The Labute approximate surface area is 135 Å². The average molecular weight is 322 g/mol. The van der Waals surface area contributed by atoms with Gasteiger partial charge in [0, 0.05) is 41.9 Å². The Kier molecular flexibility index (Phi) is 6.43. The van der Waals surface area contributed by atoms with E-state index in [0.717, 1.165) is 18.7 Å². The van der Waals surface area contributed by atoms with E-state index in [4.69, 9.17) is 0 Å². The predicted octanol–water partition coefficient (Wildman–Crippen LogP) is 2.62. The fourth-order valence-electron chi connectivity index (χ4n) is 3.04. The minimum Gasteiger partial charge on any atom is -0.337 e. The number of nitrogens with zero attached hydrogens (tertiary/aromatic N) is 1. The van der Waals surface area contributed by atoms with Crippen LogP contribution in [0.25, 0.3) is 0 Å². The van der Waals surface area contributed by atoms with E-state index in [1.807, 2.05) is 35.2 Å². The van der Waals surface area contributed by atoms with E-state index in [1.165, 1.54) is 6.42 Å². The molecule has 1 aromatic carbocycles. The summed E-state index contributed by atoms with van der Waals surface area (Å²) in [5, 5.41) is 2.90. The van der Waals surface area contributed by atoms with Gasteiger partial charge >= 0.3 is 6.03 Å². The summed E-state index contributed by atoms with van der Waals surface area (Å²) in [5.74, 6) is 2.16. The highest BCUT2D eigenvalue weighted by molar-refractivity contribution is 7.84. The number of likely N-dealkylation sites (tertiary alicyclic amines) is 1. The molecule has 0 spiro atoms. The highest BCUT2D eigenvalue weighted by Crippen LogP contribution is 2.20. The molecule has 4 nitrogen and oxygen atoms in total. The Balaban J connectivity index is 1.69. The first-order chi connectivity index (χ1) is 10.5. The van der Waals surface area contributed by atoms with E-state index in [0.29, 0.717) is 29.9 Å². The van der Waals surface area contributed by atoms with Crippen LogP contribution in [0.1, 0.15) is 25.8 Å².